The third-order valence-corrected chi connectivity index (χ3v) is 2.56. The molecule has 2 rings (SSSR count). The molecule has 1 fully saturated rings. The van der Waals surface area contributed by atoms with Crippen LogP contribution in [0.3, 0.4) is 0 Å². The normalized spacial score (nSPS) is 17.1. The van der Waals surface area contributed by atoms with Crippen LogP contribution in [0.1, 0.15) is 18.4 Å². The molecule has 1 saturated carbocycles. The standard InChI is InChI=1S/C12H15NO/c13-8-7-12(9-1-2-9)10-3-5-11(14)6-4-10/h3-7,9,14H,1-2,8,13H2/b12-7-. The average molecular weight is 189 g/mol. The monoisotopic (exact) mass is 189 g/mol. The molecule has 0 aromatic heterocycles. The van der Waals surface area contributed by atoms with Crippen LogP contribution in [0, 0.1) is 5.92 Å². The minimum absolute atomic E-state index is 0.316. The first kappa shape index (κ1) is 9.28. The lowest BCUT2D eigenvalue weighted by Crippen LogP contribution is -1.97. The Morgan fingerprint density at radius 1 is 1.36 bits per heavy atom. The van der Waals surface area contributed by atoms with Gasteiger partial charge < -0.3 is 10.8 Å². The fraction of sp³-hybridized carbons (Fsp3) is 0.333. The molecule has 14 heavy (non-hydrogen) atoms. The second kappa shape index (κ2) is 3.84. The number of phenolic OH excluding ortho intramolecular Hbond substituents is 1. The van der Waals surface area contributed by atoms with Gasteiger partial charge in [-0.05, 0) is 42.0 Å². The highest BCUT2D eigenvalue weighted by Gasteiger charge is 2.26. The summed E-state index contributed by atoms with van der Waals surface area (Å²) in [4.78, 5) is 0. The van der Waals surface area contributed by atoms with E-state index >= 15 is 0 Å². The van der Waals surface area contributed by atoms with Crippen molar-refractivity contribution in [2.24, 2.45) is 11.7 Å². The first-order valence-corrected chi connectivity index (χ1v) is 5.01. The maximum atomic E-state index is 9.18. The Morgan fingerprint density at radius 3 is 2.50 bits per heavy atom. The van der Waals surface area contributed by atoms with Crippen molar-refractivity contribution in [2.75, 3.05) is 6.54 Å². The Bertz CT molecular complexity index is 336. The van der Waals surface area contributed by atoms with E-state index in [4.69, 9.17) is 5.73 Å². The smallest absolute Gasteiger partial charge is 0.115 e. The summed E-state index contributed by atoms with van der Waals surface area (Å²) in [7, 11) is 0. The Balaban J connectivity index is 2.26. The van der Waals surface area contributed by atoms with Crippen molar-refractivity contribution >= 4 is 5.57 Å². The molecule has 2 heteroatoms. The van der Waals surface area contributed by atoms with Gasteiger partial charge in [-0.25, -0.2) is 0 Å². The van der Waals surface area contributed by atoms with E-state index in [0.717, 1.165) is 0 Å². The van der Waals surface area contributed by atoms with Crippen molar-refractivity contribution in [2.45, 2.75) is 12.8 Å². The third kappa shape index (κ3) is 1.96. The van der Waals surface area contributed by atoms with Gasteiger partial charge in [-0.1, -0.05) is 18.2 Å². The molecule has 3 N–H and O–H groups in total. The van der Waals surface area contributed by atoms with Gasteiger partial charge in [0.15, 0.2) is 0 Å². The molecular formula is C12H15NO. The molecule has 0 heterocycles. The zero-order chi connectivity index (χ0) is 9.97. The van der Waals surface area contributed by atoms with Crippen LogP contribution >= 0.6 is 0 Å². The van der Waals surface area contributed by atoms with E-state index < -0.39 is 0 Å². The van der Waals surface area contributed by atoms with Crippen LogP contribution in [-0.2, 0) is 0 Å². The number of aromatic hydroxyl groups is 1. The molecular weight excluding hydrogens is 174 g/mol. The van der Waals surface area contributed by atoms with Crippen molar-refractivity contribution in [1.82, 2.24) is 0 Å². The molecule has 0 aliphatic heterocycles. The van der Waals surface area contributed by atoms with Crippen molar-refractivity contribution in [3.05, 3.63) is 35.9 Å². The van der Waals surface area contributed by atoms with E-state index in [-0.39, 0.29) is 0 Å². The number of benzene rings is 1. The molecule has 1 aromatic rings. The van der Waals surface area contributed by atoms with E-state index in [0.29, 0.717) is 18.2 Å². The molecule has 0 saturated heterocycles. The first-order chi connectivity index (χ1) is 6.81. The van der Waals surface area contributed by atoms with E-state index in [1.54, 1.807) is 12.1 Å². The largest absolute Gasteiger partial charge is 0.508 e. The summed E-state index contributed by atoms with van der Waals surface area (Å²) in [5.74, 6) is 1.01. The molecule has 0 amide bonds. The Morgan fingerprint density at radius 2 is 2.00 bits per heavy atom. The summed E-state index contributed by atoms with van der Waals surface area (Å²) < 4.78 is 0. The minimum atomic E-state index is 0.316. The fourth-order valence-corrected chi connectivity index (χ4v) is 1.70. The Hall–Kier alpha value is -1.28. The van der Waals surface area contributed by atoms with Crippen LogP contribution in [0.4, 0.5) is 0 Å². The maximum Gasteiger partial charge on any atom is 0.115 e. The first-order valence-electron chi connectivity index (χ1n) is 5.01. The zero-order valence-electron chi connectivity index (χ0n) is 8.11. The quantitative estimate of drug-likeness (QED) is 0.765. The van der Waals surface area contributed by atoms with Crippen molar-refractivity contribution in [1.29, 1.82) is 0 Å². The number of hydrogen-bond donors (Lipinski definition) is 2. The predicted octanol–water partition coefficient (Wildman–Crippen LogP) is 2.14. The lowest BCUT2D eigenvalue weighted by atomic mass is 10.0. The van der Waals surface area contributed by atoms with Crippen LogP contribution in [0.5, 0.6) is 5.75 Å². The summed E-state index contributed by atoms with van der Waals surface area (Å²) in [5.41, 5.74) is 8.07. The summed E-state index contributed by atoms with van der Waals surface area (Å²) >= 11 is 0. The molecule has 0 atom stereocenters. The molecule has 1 aliphatic rings. The predicted molar refractivity (Wildman–Crippen MR) is 57.9 cm³/mol. The highest BCUT2D eigenvalue weighted by molar-refractivity contribution is 5.69. The van der Waals surface area contributed by atoms with Gasteiger partial charge in [-0.3, -0.25) is 0 Å². The summed E-state index contributed by atoms with van der Waals surface area (Å²) in [6.07, 6.45) is 4.63. The van der Waals surface area contributed by atoms with Crippen LogP contribution in [0.15, 0.2) is 30.3 Å². The van der Waals surface area contributed by atoms with Crippen LogP contribution in [0.2, 0.25) is 0 Å². The molecule has 2 nitrogen and oxygen atoms in total. The minimum Gasteiger partial charge on any atom is -0.508 e. The third-order valence-electron chi connectivity index (χ3n) is 2.56. The summed E-state index contributed by atoms with van der Waals surface area (Å²) in [6.45, 7) is 0.590. The Kier molecular flexibility index (Phi) is 2.55. The highest BCUT2D eigenvalue weighted by atomic mass is 16.3. The van der Waals surface area contributed by atoms with Gasteiger partial charge in [-0.2, -0.15) is 0 Å². The van der Waals surface area contributed by atoms with Gasteiger partial charge in [0, 0.05) is 6.54 Å². The SMILES string of the molecule is NC/C=C(\c1ccc(O)cc1)C1CC1. The van der Waals surface area contributed by atoms with Crippen molar-refractivity contribution in [3.8, 4) is 5.75 Å². The number of allylic oxidation sites excluding steroid dienone is 1. The Labute approximate surface area is 84.1 Å². The molecule has 0 radical (unpaired) electrons. The van der Waals surface area contributed by atoms with Gasteiger partial charge in [0.1, 0.15) is 5.75 Å². The van der Waals surface area contributed by atoms with Gasteiger partial charge in [0.2, 0.25) is 0 Å². The zero-order valence-corrected chi connectivity index (χ0v) is 8.11. The van der Waals surface area contributed by atoms with Gasteiger partial charge in [0.05, 0.1) is 0 Å². The van der Waals surface area contributed by atoms with Crippen LogP contribution in [0.25, 0.3) is 5.57 Å². The number of phenols is 1. The van der Waals surface area contributed by atoms with Crippen molar-refractivity contribution < 1.29 is 5.11 Å². The molecule has 1 aromatic carbocycles. The van der Waals surface area contributed by atoms with Gasteiger partial charge in [-0.15, -0.1) is 0 Å². The molecule has 0 bridgehead atoms. The van der Waals surface area contributed by atoms with Gasteiger partial charge >= 0.3 is 0 Å². The van der Waals surface area contributed by atoms with Crippen LogP contribution in [-0.4, -0.2) is 11.7 Å². The van der Waals surface area contributed by atoms with Crippen molar-refractivity contribution in [3.63, 3.8) is 0 Å². The number of rotatable bonds is 3. The lowest BCUT2D eigenvalue weighted by molar-refractivity contribution is 0.475. The summed E-state index contributed by atoms with van der Waals surface area (Å²) in [6, 6.07) is 7.36. The highest BCUT2D eigenvalue weighted by Crippen LogP contribution is 2.41. The maximum absolute atomic E-state index is 9.18. The van der Waals surface area contributed by atoms with E-state index in [1.165, 1.54) is 24.0 Å². The lowest BCUT2D eigenvalue weighted by Gasteiger charge is -2.05. The number of hydrogen-bond acceptors (Lipinski definition) is 2. The fourth-order valence-electron chi connectivity index (χ4n) is 1.70. The average Bonchev–Trinajstić information content (AvgIpc) is 2.99. The van der Waals surface area contributed by atoms with Gasteiger partial charge in [0.25, 0.3) is 0 Å². The van der Waals surface area contributed by atoms with E-state index in [9.17, 15) is 5.11 Å². The molecule has 74 valence electrons. The molecule has 0 unspecified atom stereocenters. The van der Waals surface area contributed by atoms with E-state index in [2.05, 4.69) is 6.08 Å². The molecule has 0 spiro atoms. The second-order valence-corrected chi connectivity index (χ2v) is 3.72. The topological polar surface area (TPSA) is 46.2 Å². The number of nitrogens with two attached hydrogens (primary N) is 1. The second-order valence-electron chi connectivity index (χ2n) is 3.72. The molecule has 1 aliphatic carbocycles. The van der Waals surface area contributed by atoms with E-state index in [1.807, 2.05) is 12.1 Å². The summed E-state index contributed by atoms with van der Waals surface area (Å²) in [5, 5.41) is 9.18. The van der Waals surface area contributed by atoms with Crippen LogP contribution < -0.4 is 5.73 Å².